The Labute approximate surface area is 164 Å². The number of nitrogens with zero attached hydrogens (tertiary/aromatic N) is 4. The van der Waals surface area contributed by atoms with Crippen molar-refractivity contribution >= 4 is 21.3 Å². The van der Waals surface area contributed by atoms with Crippen molar-refractivity contribution in [2.24, 2.45) is 0 Å². The van der Waals surface area contributed by atoms with Gasteiger partial charge in [-0.1, -0.05) is 12.1 Å². The second kappa shape index (κ2) is 7.60. The van der Waals surface area contributed by atoms with Crippen LogP contribution in [0, 0.1) is 0 Å². The van der Waals surface area contributed by atoms with Crippen molar-refractivity contribution in [2.75, 3.05) is 39.3 Å². The summed E-state index contributed by atoms with van der Waals surface area (Å²) in [5.41, 5.74) is 1.31. The molecule has 0 aliphatic carbocycles. The zero-order valence-electron chi connectivity index (χ0n) is 16.2. The zero-order valence-corrected chi connectivity index (χ0v) is 17.0. The van der Waals surface area contributed by atoms with Gasteiger partial charge in [0.25, 0.3) is 10.2 Å². The van der Waals surface area contributed by atoms with Gasteiger partial charge in [-0.2, -0.15) is 17.0 Å². The minimum atomic E-state index is -3.51. The van der Waals surface area contributed by atoms with E-state index in [0.717, 1.165) is 5.52 Å². The molecule has 1 aromatic heterocycles. The van der Waals surface area contributed by atoms with E-state index in [0.29, 0.717) is 51.5 Å². The monoisotopic (exact) mass is 410 g/mol. The molecule has 0 bridgehead atoms. The molecule has 10 heteroatoms. The molecule has 0 radical (unpaired) electrons. The SMILES string of the molecule is C[C@H]1CN(S(=O)(=O)N2CCN(Cn3c(=O)oc4ccccc43)CC2)C[C@H](C)O1. The largest absolute Gasteiger partial charge is 0.421 e. The molecule has 2 aliphatic heterocycles. The van der Waals surface area contributed by atoms with E-state index in [-0.39, 0.29) is 12.2 Å². The molecule has 154 valence electrons. The molecular formula is C18H26N4O5S. The van der Waals surface area contributed by atoms with Crippen LogP contribution in [0.3, 0.4) is 0 Å². The van der Waals surface area contributed by atoms with Gasteiger partial charge in [0, 0.05) is 39.3 Å². The first-order valence-electron chi connectivity index (χ1n) is 9.56. The van der Waals surface area contributed by atoms with Gasteiger partial charge in [0.15, 0.2) is 5.58 Å². The van der Waals surface area contributed by atoms with Crippen LogP contribution in [-0.2, 0) is 21.6 Å². The number of aromatic nitrogens is 1. The van der Waals surface area contributed by atoms with Crippen LogP contribution >= 0.6 is 0 Å². The number of rotatable bonds is 4. The van der Waals surface area contributed by atoms with Crippen molar-refractivity contribution in [1.82, 2.24) is 18.1 Å². The van der Waals surface area contributed by atoms with Gasteiger partial charge in [0.2, 0.25) is 0 Å². The second-order valence-electron chi connectivity index (χ2n) is 7.50. The van der Waals surface area contributed by atoms with Crippen molar-refractivity contribution in [3.63, 3.8) is 0 Å². The lowest BCUT2D eigenvalue weighted by Crippen LogP contribution is -2.57. The fraction of sp³-hybridized carbons (Fsp3) is 0.611. The van der Waals surface area contributed by atoms with Crippen molar-refractivity contribution < 1.29 is 17.6 Å². The normalized spacial score (nSPS) is 26.1. The van der Waals surface area contributed by atoms with Crippen molar-refractivity contribution in [2.45, 2.75) is 32.7 Å². The van der Waals surface area contributed by atoms with E-state index in [2.05, 4.69) is 4.90 Å². The molecule has 9 nitrogen and oxygen atoms in total. The summed E-state index contributed by atoms with van der Waals surface area (Å²) in [4.78, 5) is 14.2. The summed E-state index contributed by atoms with van der Waals surface area (Å²) in [6.45, 7) is 6.83. The van der Waals surface area contributed by atoms with Gasteiger partial charge in [-0.15, -0.1) is 0 Å². The molecular weight excluding hydrogens is 384 g/mol. The highest BCUT2D eigenvalue weighted by atomic mass is 32.2. The van der Waals surface area contributed by atoms with Gasteiger partial charge >= 0.3 is 5.76 Å². The molecule has 0 saturated carbocycles. The Morgan fingerprint density at radius 1 is 1.00 bits per heavy atom. The number of benzene rings is 1. The predicted molar refractivity (Wildman–Crippen MR) is 104 cm³/mol. The van der Waals surface area contributed by atoms with Gasteiger partial charge in [-0.25, -0.2) is 4.79 Å². The molecule has 0 spiro atoms. The Morgan fingerprint density at radius 3 is 2.32 bits per heavy atom. The van der Waals surface area contributed by atoms with Crippen LogP contribution in [0.25, 0.3) is 11.1 Å². The lowest BCUT2D eigenvalue weighted by Gasteiger charge is -2.40. The Hall–Kier alpha value is -1.72. The fourth-order valence-electron chi connectivity index (χ4n) is 3.93. The summed E-state index contributed by atoms with van der Waals surface area (Å²) in [7, 11) is -3.51. The Morgan fingerprint density at radius 2 is 1.64 bits per heavy atom. The third-order valence-corrected chi connectivity index (χ3v) is 7.25. The van der Waals surface area contributed by atoms with E-state index in [1.54, 1.807) is 10.6 Å². The number of fused-ring (bicyclic) bond motifs is 1. The molecule has 28 heavy (non-hydrogen) atoms. The first-order chi connectivity index (χ1) is 13.3. The van der Waals surface area contributed by atoms with Crippen LogP contribution < -0.4 is 5.76 Å². The average molecular weight is 410 g/mol. The maximum Gasteiger partial charge on any atom is 0.421 e. The average Bonchev–Trinajstić information content (AvgIpc) is 2.97. The molecule has 0 unspecified atom stereocenters. The Kier molecular flexibility index (Phi) is 5.32. The van der Waals surface area contributed by atoms with E-state index in [1.807, 2.05) is 32.0 Å². The number of piperazine rings is 1. The van der Waals surface area contributed by atoms with Gasteiger partial charge in [0.05, 0.1) is 24.4 Å². The minimum absolute atomic E-state index is 0.110. The van der Waals surface area contributed by atoms with Crippen LogP contribution in [-0.4, -0.2) is 78.0 Å². The smallest absolute Gasteiger partial charge is 0.408 e. The van der Waals surface area contributed by atoms with E-state index in [1.165, 1.54) is 8.61 Å². The van der Waals surface area contributed by atoms with Crippen LogP contribution in [0.4, 0.5) is 0 Å². The Bertz CT molecular complexity index is 983. The predicted octanol–water partition coefficient (Wildman–Crippen LogP) is 0.524. The third kappa shape index (κ3) is 3.74. The number of hydrogen-bond acceptors (Lipinski definition) is 6. The molecule has 2 saturated heterocycles. The highest BCUT2D eigenvalue weighted by molar-refractivity contribution is 7.86. The van der Waals surface area contributed by atoms with Crippen LogP contribution in [0.15, 0.2) is 33.5 Å². The standard InChI is InChI=1S/C18H26N4O5S/c1-14-11-21(12-15(2)26-14)28(24,25)20-9-7-19(8-10-20)13-22-16-5-3-4-6-17(16)27-18(22)23/h3-6,14-15H,7-13H2,1-2H3/t14-,15-/m0/s1. The zero-order chi connectivity index (χ0) is 19.9. The topological polar surface area (TPSA) is 88.2 Å². The molecule has 1 aromatic carbocycles. The highest BCUT2D eigenvalue weighted by Crippen LogP contribution is 2.19. The van der Waals surface area contributed by atoms with Crippen molar-refractivity contribution in [1.29, 1.82) is 0 Å². The maximum atomic E-state index is 13.0. The molecule has 0 amide bonds. The molecule has 2 atom stereocenters. The lowest BCUT2D eigenvalue weighted by molar-refractivity contribution is -0.0458. The summed E-state index contributed by atoms with van der Waals surface area (Å²) in [6, 6.07) is 7.30. The molecule has 4 rings (SSSR count). The number of para-hydroxylation sites is 2. The van der Waals surface area contributed by atoms with E-state index in [9.17, 15) is 13.2 Å². The number of morpholine rings is 1. The summed E-state index contributed by atoms with van der Waals surface area (Å²) in [5.74, 6) is -0.396. The summed E-state index contributed by atoms with van der Waals surface area (Å²) in [6.07, 6.45) is -0.220. The Balaban J connectivity index is 1.42. The van der Waals surface area contributed by atoms with Gasteiger partial charge in [-0.05, 0) is 26.0 Å². The quantitative estimate of drug-likeness (QED) is 0.730. The van der Waals surface area contributed by atoms with Crippen LogP contribution in [0.5, 0.6) is 0 Å². The molecule has 3 heterocycles. The first kappa shape index (κ1) is 19.6. The summed E-state index contributed by atoms with van der Waals surface area (Å²) in [5, 5.41) is 0. The summed E-state index contributed by atoms with van der Waals surface area (Å²) >= 11 is 0. The molecule has 0 N–H and O–H groups in total. The second-order valence-corrected chi connectivity index (χ2v) is 9.43. The van der Waals surface area contributed by atoms with Crippen LogP contribution in [0.2, 0.25) is 0 Å². The van der Waals surface area contributed by atoms with E-state index < -0.39 is 16.0 Å². The van der Waals surface area contributed by atoms with Gasteiger partial charge in [0.1, 0.15) is 0 Å². The number of hydrogen-bond donors (Lipinski definition) is 0. The minimum Gasteiger partial charge on any atom is -0.408 e. The summed E-state index contributed by atoms with van der Waals surface area (Å²) < 4.78 is 41.5. The molecule has 2 aromatic rings. The lowest BCUT2D eigenvalue weighted by atomic mass is 10.3. The number of ether oxygens (including phenoxy) is 1. The fourth-order valence-corrected chi connectivity index (χ4v) is 5.68. The molecule has 2 fully saturated rings. The van der Waals surface area contributed by atoms with Gasteiger partial charge in [-0.3, -0.25) is 9.47 Å². The molecule has 2 aliphatic rings. The first-order valence-corrected chi connectivity index (χ1v) is 11.0. The van der Waals surface area contributed by atoms with E-state index in [4.69, 9.17) is 9.15 Å². The van der Waals surface area contributed by atoms with Gasteiger partial charge < -0.3 is 9.15 Å². The van der Waals surface area contributed by atoms with Crippen molar-refractivity contribution in [3.8, 4) is 0 Å². The van der Waals surface area contributed by atoms with E-state index >= 15 is 0 Å². The van der Waals surface area contributed by atoms with Crippen LogP contribution in [0.1, 0.15) is 13.8 Å². The highest BCUT2D eigenvalue weighted by Gasteiger charge is 2.36. The maximum absolute atomic E-state index is 13.0. The third-order valence-electron chi connectivity index (χ3n) is 5.29. The van der Waals surface area contributed by atoms with Crippen molar-refractivity contribution in [3.05, 3.63) is 34.8 Å². The number of oxazole rings is 1.